The number of fused-ring (bicyclic) bond motifs is 2. The van der Waals surface area contributed by atoms with Crippen molar-refractivity contribution < 1.29 is 0 Å². The van der Waals surface area contributed by atoms with Gasteiger partial charge >= 0.3 is 0 Å². The van der Waals surface area contributed by atoms with Crippen LogP contribution < -0.4 is 0 Å². The standard InChI is InChI=1S/C11H16/c1-10-4-3-8(10)11-5-2-7(6-11)9(10)11/h7-9H,2-6H2,1H3. The van der Waals surface area contributed by atoms with E-state index in [4.69, 9.17) is 0 Å². The fourth-order valence-corrected chi connectivity index (χ4v) is 5.71. The molecule has 1 spiro atoms. The molecule has 0 radical (unpaired) electrons. The van der Waals surface area contributed by atoms with E-state index in [-0.39, 0.29) is 0 Å². The fraction of sp³-hybridized carbons (Fsp3) is 1.00. The van der Waals surface area contributed by atoms with Crippen molar-refractivity contribution in [2.24, 2.45) is 28.6 Å². The average molecular weight is 148 g/mol. The maximum Gasteiger partial charge on any atom is -0.0225 e. The van der Waals surface area contributed by atoms with Crippen molar-refractivity contribution >= 4 is 0 Å². The van der Waals surface area contributed by atoms with Crippen LogP contribution in [0.4, 0.5) is 0 Å². The van der Waals surface area contributed by atoms with Crippen molar-refractivity contribution in [3.05, 3.63) is 0 Å². The summed E-state index contributed by atoms with van der Waals surface area (Å²) in [5, 5.41) is 0. The Morgan fingerprint density at radius 2 is 2.09 bits per heavy atom. The minimum absolute atomic E-state index is 0.874. The van der Waals surface area contributed by atoms with Gasteiger partial charge in [-0.1, -0.05) is 6.92 Å². The molecule has 0 saturated heterocycles. The summed E-state index contributed by atoms with van der Waals surface area (Å²) in [5.41, 5.74) is 1.83. The second-order valence-corrected chi connectivity index (χ2v) is 5.81. The second kappa shape index (κ2) is 1.20. The zero-order valence-corrected chi connectivity index (χ0v) is 7.27. The monoisotopic (exact) mass is 148 g/mol. The highest BCUT2D eigenvalue weighted by Crippen LogP contribution is 2.88. The topological polar surface area (TPSA) is 0 Å². The molecule has 5 aliphatic rings. The molecule has 5 unspecified atom stereocenters. The van der Waals surface area contributed by atoms with E-state index >= 15 is 0 Å². The second-order valence-electron chi connectivity index (χ2n) is 5.81. The van der Waals surface area contributed by atoms with Crippen LogP contribution in [-0.4, -0.2) is 0 Å². The lowest BCUT2D eigenvalue weighted by Crippen LogP contribution is -2.73. The summed E-state index contributed by atoms with van der Waals surface area (Å²) in [7, 11) is 0. The van der Waals surface area contributed by atoms with Crippen LogP contribution in [0, 0.1) is 28.6 Å². The van der Waals surface area contributed by atoms with Gasteiger partial charge in [-0.25, -0.2) is 0 Å². The van der Waals surface area contributed by atoms with Crippen molar-refractivity contribution in [2.45, 2.75) is 39.0 Å². The van der Waals surface area contributed by atoms with Crippen LogP contribution in [0.5, 0.6) is 0 Å². The van der Waals surface area contributed by atoms with Gasteiger partial charge in [0, 0.05) is 0 Å². The first-order valence-corrected chi connectivity index (χ1v) is 5.27. The first-order valence-electron chi connectivity index (χ1n) is 5.27. The molecule has 0 aromatic heterocycles. The number of hydrogen-bond donors (Lipinski definition) is 0. The highest BCUT2D eigenvalue weighted by Gasteiger charge is 2.81. The third-order valence-corrected chi connectivity index (χ3v) is 5.89. The molecule has 0 aromatic carbocycles. The molecule has 5 saturated carbocycles. The smallest absolute Gasteiger partial charge is 0.0225 e. The average Bonchev–Trinajstić information content (AvgIpc) is 2.42. The molecule has 5 aliphatic carbocycles. The van der Waals surface area contributed by atoms with Crippen molar-refractivity contribution in [2.75, 3.05) is 0 Å². The van der Waals surface area contributed by atoms with Gasteiger partial charge in [-0.3, -0.25) is 0 Å². The predicted octanol–water partition coefficient (Wildman–Crippen LogP) is 2.83. The van der Waals surface area contributed by atoms with Crippen molar-refractivity contribution in [3.8, 4) is 0 Å². The van der Waals surface area contributed by atoms with E-state index in [1.165, 1.54) is 17.8 Å². The van der Waals surface area contributed by atoms with Gasteiger partial charge in [0.25, 0.3) is 0 Å². The van der Waals surface area contributed by atoms with Crippen LogP contribution in [0.15, 0.2) is 0 Å². The number of rotatable bonds is 0. The van der Waals surface area contributed by atoms with E-state index in [9.17, 15) is 0 Å². The molecular formula is C11H16. The van der Waals surface area contributed by atoms with Gasteiger partial charge < -0.3 is 0 Å². The van der Waals surface area contributed by atoms with E-state index in [1.807, 2.05) is 0 Å². The van der Waals surface area contributed by atoms with Crippen LogP contribution in [0.25, 0.3) is 0 Å². The SMILES string of the molecule is CC12CCC1C13CCC(C1)C23. The fourth-order valence-electron chi connectivity index (χ4n) is 5.71. The van der Waals surface area contributed by atoms with Crippen LogP contribution in [-0.2, 0) is 0 Å². The highest BCUT2D eigenvalue weighted by atomic mass is 14.8. The molecule has 60 valence electrons. The Bertz CT molecular complexity index is 240. The quantitative estimate of drug-likeness (QED) is 0.495. The van der Waals surface area contributed by atoms with E-state index in [1.54, 1.807) is 32.1 Å². The zero-order chi connectivity index (χ0) is 7.27. The third-order valence-electron chi connectivity index (χ3n) is 5.89. The molecule has 0 nitrogen and oxygen atoms in total. The Labute approximate surface area is 68.4 Å². The molecule has 5 rings (SSSR count). The molecule has 0 heteroatoms. The Kier molecular flexibility index (Phi) is 0.611. The Balaban J connectivity index is 1.85. The van der Waals surface area contributed by atoms with Gasteiger partial charge in [0.1, 0.15) is 0 Å². The van der Waals surface area contributed by atoms with Crippen molar-refractivity contribution in [1.29, 1.82) is 0 Å². The van der Waals surface area contributed by atoms with Gasteiger partial charge in [0.2, 0.25) is 0 Å². The third kappa shape index (κ3) is 0.316. The van der Waals surface area contributed by atoms with Gasteiger partial charge in [0.15, 0.2) is 0 Å². The van der Waals surface area contributed by atoms with E-state index < -0.39 is 0 Å². The molecule has 5 atom stereocenters. The highest BCUT2D eigenvalue weighted by molar-refractivity contribution is 5.29. The minimum atomic E-state index is 0.874. The summed E-state index contributed by atoms with van der Waals surface area (Å²) >= 11 is 0. The Hall–Kier alpha value is 0. The van der Waals surface area contributed by atoms with E-state index in [0.717, 1.165) is 10.8 Å². The maximum absolute atomic E-state index is 2.57. The maximum atomic E-state index is 2.57. The largest absolute Gasteiger partial charge is 0.0591 e. The minimum Gasteiger partial charge on any atom is -0.0591 e. The summed E-state index contributed by atoms with van der Waals surface area (Å²) in [6.45, 7) is 2.57. The Morgan fingerprint density at radius 1 is 1.18 bits per heavy atom. The van der Waals surface area contributed by atoms with E-state index in [2.05, 4.69) is 6.92 Å². The van der Waals surface area contributed by atoms with Crippen molar-refractivity contribution in [3.63, 3.8) is 0 Å². The molecule has 5 fully saturated rings. The molecule has 11 heavy (non-hydrogen) atoms. The lowest BCUT2D eigenvalue weighted by molar-refractivity contribution is -0.311. The molecule has 0 aromatic rings. The molecule has 0 heterocycles. The Morgan fingerprint density at radius 3 is 2.64 bits per heavy atom. The van der Waals surface area contributed by atoms with Crippen LogP contribution in [0.2, 0.25) is 0 Å². The van der Waals surface area contributed by atoms with Crippen LogP contribution in [0.3, 0.4) is 0 Å². The summed E-state index contributed by atoms with van der Waals surface area (Å²) < 4.78 is 0. The molecule has 0 N–H and O–H groups in total. The molecule has 2 bridgehead atoms. The summed E-state index contributed by atoms with van der Waals surface area (Å²) in [6.07, 6.45) is 8.00. The van der Waals surface area contributed by atoms with Gasteiger partial charge in [-0.05, 0) is 60.7 Å². The summed E-state index contributed by atoms with van der Waals surface area (Å²) in [6, 6.07) is 0. The normalized spacial score (nSPS) is 75.5. The van der Waals surface area contributed by atoms with Crippen LogP contribution in [0.1, 0.15) is 39.0 Å². The van der Waals surface area contributed by atoms with Crippen molar-refractivity contribution in [1.82, 2.24) is 0 Å². The van der Waals surface area contributed by atoms with E-state index in [0.29, 0.717) is 0 Å². The molecule has 0 amide bonds. The molecule has 0 aliphatic heterocycles. The number of hydrogen-bond acceptors (Lipinski definition) is 0. The van der Waals surface area contributed by atoms with Gasteiger partial charge in [-0.2, -0.15) is 0 Å². The first kappa shape index (κ1) is 5.61. The van der Waals surface area contributed by atoms with Gasteiger partial charge in [0.05, 0.1) is 0 Å². The van der Waals surface area contributed by atoms with Gasteiger partial charge in [-0.15, -0.1) is 0 Å². The van der Waals surface area contributed by atoms with Crippen LogP contribution >= 0.6 is 0 Å². The first-order chi connectivity index (χ1) is 5.27. The predicted molar refractivity (Wildman–Crippen MR) is 44.1 cm³/mol. The zero-order valence-electron chi connectivity index (χ0n) is 7.27. The molecular weight excluding hydrogens is 132 g/mol. The lowest BCUT2D eigenvalue weighted by atomic mass is 9.25. The summed E-state index contributed by atoms with van der Waals surface area (Å²) in [5.74, 6) is 3.60. The lowest BCUT2D eigenvalue weighted by Gasteiger charge is -2.79. The summed E-state index contributed by atoms with van der Waals surface area (Å²) in [4.78, 5) is 0.